The van der Waals surface area contributed by atoms with Crippen LogP contribution < -0.4 is 4.74 Å². The van der Waals surface area contributed by atoms with E-state index in [4.69, 9.17) is 4.74 Å². The van der Waals surface area contributed by atoms with Gasteiger partial charge >= 0.3 is 11.7 Å². The topological polar surface area (TPSA) is 69.4 Å². The fourth-order valence-electron chi connectivity index (χ4n) is 1.05. The zero-order valence-corrected chi connectivity index (χ0v) is 8.52. The first-order valence-corrected chi connectivity index (χ1v) is 4.50. The molecule has 5 heteroatoms. The summed E-state index contributed by atoms with van der Waals surface area (Å²) >= 11 is 0. The van der Waals surface area contributed by atoms with Gasteiger partial charge in [0.05, 0.1) is 4.92 Å². The number of nitro groups is 1. The van der Waals surface area contributed by atoms with Gasteiger partial charge in [0, 0.05) is 12.5 Å². The van der Waals surface area contributed by atoms with E-state index < -0.39 is 10.9 Å². The molecule has 0 saturated heterocycles. The lowest BCUT2D eigenvalue weighted by molar-refractivity contribution is -0.385. The van der Waals surface area contributed by atoms with Gasteiger partial charge in [-0.1, -0.05) is 13.0 Å². The second-order valence-electron chi connectivity index (χ2n) is 3.06. The molecule has 0 spiro atoms. The molecule has 0 heterocycles. The van der Waals surface area contributed by atoms with E-state index in [1.807, 2.05) is 0 Å². The average Bonchev–Trinajstić information content (AvgIpc) is 2.20. The van der Waals surface area contributed by atoms with Gasteiger partial charge in [0.2, 0.25) is 5.75 Å². The van der Waals surface area contributed by atoms with Crippen molar-refractivity contribution in [3.63, 3.8) is 0 Å². The van der Waals surface area contributed by atoms with Gasteiger partial charge in [-0.05, 0) is 18.6 Å². The van der Waals surface area contributed by atoms with Crippen LogP contribution in [0.2, 0.25) is 0 Å². The molecule has 0 unspecified atom stereocenters. The molecule has 0 amide bonds. The summed E-state index contributed by atoms with van der Waals surface area (Å²) in [5.74, 6) is -0.487. The molecule has 1 aromatic rings. The van der Waals surface area contributed by atoms with Gasteiger partial charge in [-0.2, -0.15) is 0 Å². The predicted octanol–water partition coefficient (Wildman–Crippen LogP) is 2.22. The van der Waals surface area contributed by atoms with E-state index in [9.17, 15) is 14.9 Å². The molecule has 0 aliphatic heterocycles. The van der Waals surface area contributed by atoms with E-state index in [0.29, 0.717) is 0 Å². The average molecular weight is 209 g/mol. The number of benzene rings is 1. The predicted molar refractivity (Wildman–Crippen MR) is 53.8 cm³/mol. The van der Waals surface area contributed by atoms with E-state index in [-0.39, 0.29) is 17.9 Å². The molecule has 0 aliphatic rings. The zero-order chi connectivity index (χ0) is 11.4. The summed E-state index contributed by atoms with van der Waals surface area (Å²) in [5, 5.41) is 10.7. The molecule has 0 aliphatic carbocycles. The van der Waals surface area contributed by atoms with Crippen molar-refractivity contribution < 1.29 is 14.5 Å². The third kappa shape index (κ3) is 2.77. The zero-order valence-electron chi connectivity index (χ0n) is 8.52. The number of hydrogen-bond donors (Lipinski definition) is 0. The molecule has 1 aromatic carbocycles. The number of nitrogens with zero attached hydrogens (tertiary/aromatic N) is 1. The summed E-state index contributed by atoms with van der Waals surface area (Å²) < 4.78 is 4.83. The highest BCUT2D eigenvalue weighted by molar-refractivity contribution is 5.73. The summed E-state index contributed by atoms with van der Waals surface area (Å²) in [4.78, 5) is 21.1. The second kappa shape index (κ2) is 4.54. The molecule has 0 N–H and O–H groups in total. The minimum Gasteiger partial charge on any atom is -0.419 e. The van der Waals surface area contributed by atoms with Crippen LogP contribution in [0.4, 0.5) is 5.69 Å². The Morgan fingerprint density at radius 1 is 1.53 bits per heavy atom. The first-order chi connectivity index (χ1) is 7.04. The second-order valence-corrected chi connectivity index (χ2v) is 3.06. The highest BCUT2D eigenvalue weighted by Gasteiger charge is 2.17. The standard InChI is InChI=1S/C10H11NO4/c1-3-10(12)15-9-5-4-7(2)6-8(9)11(13)14/h4-6H,3H2,1-2H3. The molecule has 0 atom stereocenters. The first kappa shape index (κ1) is 11.2. The molecule has 1 rings (SSSR count). The van der Waals surface area contributed by atoms with Crippen LogP contribution in [-0.4, -0.2) is 10.9 Å². The van der Waals surface area contributed by atoms with Crippen molar-refractivity contribution >= 4 is 11.7 Å². The van der Waals surface area contributed by atoms with Crippen molar-refractivity contribution in [3.05, 3.63) is 33.9 Å². The Labute approximate surface area is 86.8 Å². The van der Waals surface area contributed by atoms with Gasteiger partial charge in [0.25, 0.3) is 0 Å². The Morgan fingerprint density at radius 3 is 2.73 bits per heavy atom. The van der Waals surface area contributed by atoms with E-state index in [2.05, 4.69) is 0 Å². The van der Waals surface area contributed by atoms with Gasteiger partial charge in [-0.3, -0.25) is 14.9 Å². The lowest BCUT2D eigenvalue weighted by atomic mass is 10.2. The minimum atomic E-state index is -0.564. The van der Waals surface area contributed by atoms with Crippen molar-refractivity contribution in [1.29, 1.82) is 0 Å². The summed E-state index contributed by atoms with van der Waals surface area (Å²) in [7, 11) is 0. The third-order valence-electron chi connectivity index (χ3n) is 1.82. The molecule has 0 bridgehead atoms. The Bertz CT molecular complexity index is 400. The van der Waals surface area contributed by atoms with Crippen LogP contribution in [0.1, 0.15) is 18.9 Å². The molecule has 0 fully saturated rings. The molecule has 0 aromatic heterocycles. The fourth-order valence-corrected chi connectivity index (χ4v) is 1.05. The summed E-state index contributed by atoms with van der Waals surface area (Å²) in [6.07, 6.45) is 0.186. The monoisotopic (exact) mass is 209 g/mol. The van der Waals surface area contributed by atoms with Crippen LogP contribution >= 0.6 is 0 Å². The van der Waals surface area contributed by atoms with Crippen LogP contribution in [0.3, 0.4) is 0 Å². The van der Waals surface area contributed by atoms with Crippen molar-refractivity contribution in [1.82, 2.24) is 0 Å². The van der Waals surface area contributed by atoms with Crippen molar-refractivity contribution in [3.8, 4) is 5.75 Å². The van der Waals surface area contributed by atoms with Gasteiger partial charge in [0.1, 0.15) is 0 Å². The quantitative estimate of drug-likeness (QED) is 0.331. The van der Waals surface area contributed by atoms with Crippen LogP contribution in [-0.2, 0) is 4.79 Å². The summed E-state index contributed by atoms with van der Waals surface area (Å²) in [6, 6.07) is 4.46. The highest BCUT2D eigenvalue weighted by Crippen LogP contribution is 2.27. The lowest BCUT2D eigenvalue weighted by Gasteiger charge is -2.03. The van der Waals surface area contributed by atoms with Gasteiger partial charge < -0.3 is 4.74 Å². The molecule has 15 heavy (non-hydrogen) atoms. The molecule has 5 nitrogen and oxygen atoms in total. The maximum Gasteiger partial charge on any atom is 0.311 e. The minimum absolute atomic E-state index is 0.00236. The number of carbonyl (C=O) groups is 1. The van der Waals surface area contributed by atoms with E-state index >= 15 is 0 Å². The van der Waals surface area contributed by atoms with Crippen LogP contribution in [0.5, 0.6) is 5.75 Å². The van der Waals surface area contributed by atoms with Gasteiger partial charge in [0.15, 0.2) is 0 Å². The Morgan fingerprint density at radius 2 is 2.20 bits per heavy atom. The maximum atomic E-state index is 11.0. The number of aryl methyl sites for hydroxylation is 1. The molecular formula is C10H11NO4. The number of esters is 1. The van der Waals surface area contributed by atoms with Gasteiger partial charge in [-0.25, -0.2) is 0 Å². The number of carbonyl (C=O) groups excluding carboxylic acids is 1. The van der Waals surface area contributed by atoms with Crippen LogP contribution in [0.25, 0.3) is 0 Å². The van der Waals surface area contributed by atoms with E-state index in [1.54, 1.807) is 19.9 Å². The Hall–Kier alpha value is -1.91. The summed E-state index contributed by atoms with van der Waals surface area (Å²) in [6.45, 7) is 3.36. The molecule has 0 radical (unpaired) electrons. The molecule has 80 valence electrons. The van der Waals surface area contributed by atoms with E-state index in [1.165, 1.54) is 12.1 Å². The SMILES string of the molecule is CCC(=O)Oc1ccc(C)cc1[N+](=O)[O-]. The van der Waals surface area contributed by atoms with Crippen LogP contribution in [0.15, 0.2) is 18.2 Å². The normalized spacial score (nSPS) is 9.73. The molecular weight excluding hydrogens is 198 g/mol. The fraction of sp³-hybridized carbons (Fsp3) is 0.300. The van der Waals surface area contributed by atoms with E-state index in [0.717, 1.165) is 5.56 Å². The van der Waals surface area contributed by atoms with Crippen molar-refractivity contribution in [2.24, 2.45) is 0 Å². The largest absolute Gasteiger partial charge is 0.419 e. The highest BCUT2D eigenvalue weighted by atomic mass is 16.6. The first-order valence-electron chi connectivity index (χ1n) is 4.50. The summed E-state index contributed by atoms with van der Waals surface area (Å²) in [5.41, 5.74) is 0.565. The Balaban J connectivity index is 3.06. The smallest absolute Gasteiger partial charge is 0.311 e. The number of rotatable bonds is 3. The number of ether oxygens (including phenoxy) is 1. The maximum absolute atomic E-state index is 11.0. The molecule has 0 saturated carbocycles. The van der Waals surface area contributed by atoms with Crippen molar-refractivity contribution in [2.75, 3.05) is 0 Å². The van der Waals surface area contributed by atoms with Crippen LogP contribution in [0, 0.1) is 17.0 Å². The number of hydrogen-bond acceptors (Lipinski definition) is 4. The lowest BCUT2D eigenvalue weighted by Crippen LogP contribution is -2.07. The van der Waals surface area contributed by atoms with Gasteiger partial charge in [-0.15, -0.1) is 0 Å². The van der Waals surface area contributed by atoms with Crippen molar-refractivity contribution in [2.45, 2.75) is 20.3 Å². The Kier molecular flexibility index (Phi) is 3.38. The number of nitro benzene ring substituents is 1. The third-order valence-corrected chi connectivity index (χ3v) is 1.82.